The Morgan fingerprint density at radius 3 is 2.67 bits per heavy atom. The molecule has 0 aromatic carbocycles. The van der Waals surface area contributed by atoms with Crippen molar-refractivity contribution in [2.45, 2.75) is 0 Å². The molecule has 1 rings (SSSR count). The summed E-state index contributed by atoms with van der Waals surface area (Å²) in [5.41, 5.74) is 0. The van der Waals surface area contributed by atoms with Crippen LogP contribution in [0.4, 0.5) is 0 Å². The SMILES string of the molecule is [CH2]OCN1CCNCC1. The fraction of sp³-hybridized carbons (Fsp3) is 0.833. The molecular weight excluding hydrogens is 116 g/mol. The Morgan fingerprint density at radius 1 is 1.44 bits per heavy atom. The highest BCUT2D eigenvalue weighted by Gasteiger charge is 2.06. The van der Waals surface area contributed by atoms with Gasteiger partial charge in [-0.3, -0.25) is 4.90 Å². The first-order valence-corrected chi connectivity index (χ1v) is 3.23. The second-order valence-electron chi connectivity index (χ2n) is 2.20. The molecule has 0 amide bonds. The molecule has 9 heavy (non-hydrogen) atoms. The minimum atomic E-state index is 0.668. The molecule has 0 bridgehead atoms. The fourth-order valence-electron chi connectivity index (χ4n) is 0.969. The molecule has 0 aromatic heterocycles. The van der Waals surface area contributed by atoms with E-state index in [0.717, 1.165) is 26.2 Å². The number of ether oxygens (including phenoxy) is 1. The van der Waals surface area contributed by atoms with Crippen molar-refractivity contribution in [1.82, 2.24) is 10.2 Å². The van der Waals surface area contributed by atoms with E-state index in [9.17, 15) is 0 Å². The van der Waals surface area contributed by atoms with Crippen LogP contribution >= 0.6 is 0 Å². The fourth-order valence-corrected chi connectivity index (χ4v) is 0.969. The first-order chi connectivity index (χ1) is 4.43. The Morgan fingerprint density at radius 2 is 2.11 bits per heavy atom. The van der Waals surface area contributed by atoms with Crippen LogP contribution in [0, 0.1) is 7.11 Å². The van der Waals surface area contributed by atoms with Crippen molar-refractivity contribution in [3.05, 3.63) is 7.11 Å². The van der Waals surface area contributed by atoms with Gasteiger partial charge in [0.1, 0.15) is 0 Å². The number of rotatable bonds is 2. The van der Waals surface area contributed by atoms with Crippen LogP contribution in [-0.4, -0.2) is 37.8 Å². The number of piperazine rings is 1. The zero-order chi connectivity index (χ0) is 6.53. The van der Waals surface area contributed by atoms with Gasteiger partial charge in [-0.1, -0.05) is 0 Å². The van der Waals surface area contributed by atoms with Crippen molar-refractivity contribution in [2.24, 2.45) is 0 Å². The summed E-state index contributed by atoms with van der Waals surface area (Å²) in [5, 5.41) is 3.26. The Bertz CT molecular complexity index is 68.7. The molecule has 0 spiro atoms. The van der Waals surface area contributed by atoms with Crippen LogP contribution in [0.5, 0.6) is 0 Å². The highest BCUT2D eigenvalue weighted by molar-refractivity contribution is 4.63. The normalized spacial score (nSPS) is 22.3. The lowest BCUT2D eigenvalue weighted by molar-refractivity contribution is 0.0766. The van der Waals surface area contributed by atoms with Gasteiger partial charge in [0.15, 0.2) is 0 Å². The molecular formula is C6H13N2O. The minimum Gasteiger partial charge on any atom is -0.364 e. The van der Waals surface area contributed by atoms with Gasteiger partial charge in [-0.05, 0) is 0 Å². The van der Waals surface area contributed by atoms with Crippen LogP contribution in [0.3, 0.4) is 0 Å². The zero-order valence-electron chi connectivity index (χ0n) is 5.60. The Hall–Kier alpha value is -0.120. The van der Waals surface area contributed by atoms with Gasteiger partial charge in [0.25, 0.3) is 0 Å². The van der Waals surface area contributed by atoms with E-state index in [1.165, 1.54) is 0 Å². The summed E-state index contributed by atoms with van der Waals surface area (Å²) in [4.78, 5) is 2.23. The first-order valence-electron chi connectivity index (χ1n) is 3.23. The van der Waals surface area contributed by atoms with Gasteiger partial charge in [0.2, 0.25) is 0 Å². The smallest absolute Gasteiger partial charge is 0.0992 e. The first kappa shape index (κ1) is 6.99. The van der Waals surface area contributed by atoms with Crippen molar-refractivity contribution in [3.8, 4) is 0 Å². The average molecular weight is 129 g/mol. The van der Waals surface area contributed by atoms with Crippen LogP contribution < -0.4 is 5.32 Å². The molecule has 3 heteroatoms. The number of hydrogen-bond acceptors (Lipinski definition) is 3. The summed E-state index contributed by atoms with van der Waals surface area (Å²) in [6, 6.07) is 0. The zero-order valence-corrected chi connectivity index (χ0v) is 5.60. The number of nitrogens with one attached hydrogen (secondary N) is 1. The van der Waals surface area contributed by atoms with Crippen LogP contribution in [0.2, 0.25) is 0 Å². The van der Waals surface area contributed by atoms with E-state index in [0.29, 0.717) is 6.73 Å². The maximum absolute atomic E-state index is 4.73. The highest BCUT2D eigenvalue weighted by atomic mass is 16.5. The molecule has 0 aromatic rings. The van der Waals surface area contributed by atoms with Crippen molar-refractivity contribution in [3.63, 3.8) is 0 Å². The van der Waals surface area contributed by atoms with E-state index in [2.05, 4.69) is 17.3 Å². The number of nitrogens with zero attached hydrogens (tertiary/aromatic N) is 1. The van der Waals surface area contributed by atoms with Crippen LogP contribution in [0.1, 0.15) is 0 Å². The third-order valence-electron chi connectivity index (χ3n) is 1.48. The Kier molecular flexibility index (Phi) is 2.97. The molecule has 3 nitrogen and oxygen atoms in total. The average Bonchev–Trinajstić information content (AvgIpc) is 1.91. The predicted molar refractivity (Wildman–Crippen MR) is 35.8 cm³/mol. The molecule has 0 saturated carbocycles. The van der Waals surface area contributed by atoms with Gasteiger partial charge >= 0.3 is 0 Å². The molecule has 0 aliphatic carbocycles. The van der Waals surface area contributed by atoms with E-state index in [-0.39, 0.29) is 0 Å². The monoisotopic (exact) mass is 129 g/mol. The van der Waals surface area contributed by atoms with Crippen molar-refractivity contribution in [1.29, 1.82) is 0 Å². The lowest BCUT2D eigenvalue weighted by Gasteiger charge is -2.25. The molecule has 0 unspecified atom stereocenters. The lowest BCUT2D eigenvalue weighted by atomic mass is 10.4. The maximum atomic E-state index is 4.73. The third kappa shape index (κ3) is 2.30. The standard InChI is InChI=1S/C6H13N2O/c1-9-6-8-4-2-7-3-5-8/h7H,1-6H2. The van der Waals surface area contributed by atoms with E-state index in [1.54, 1.807) is 0 Å². The molecule has 1 heterocycles. The van der Waals surface area contributed by atoms with Crippen molar-refractivity contribution in [2.75, 3.05) is 32.9 Å². The van der Waals surface area contributed by atoms with Crippen molar-refractivity contribution >= 4 is 0 Å². The van der Waals surface area contributed by atoms with Gasteiger partial charge in [0, 0.05) is 26.2 Å². The van der Waals surface area contributed by atoms with Gasteiger partial charge in [-0.2, -0.15) is 0 Å². The molecule has 0 atom stereocenters. The summed E-state index contributed by atoms with van der Waals surface area (Å²) < 4.78 is 4.73. The molecule has 53 valence electrons. The maximum Gasteiger partial charge on any atom is 0.0992 e. The topological polar surface area (TPSA) is 24.5 Å². The van der Waals surface area contributed by atoms with Crippen LogP contribution in [0.25, 0.3) is 0 Å². The summed E-state index contributed by atoms with van der Waals surface area (Å²) in [6.07, 6.45) is 0. The summed E-state index contributed by atoms with van der Waals surface area (Å²) in [6.45, 7) is 4.97. The molecule has 1 radical (unpaired) electrons. The molecule has 1 saturated heterocycles. The number of hydrogen-bond donors (Lipinski definition) is 1. The molecule has 1 aliphatic rings. The van der Waals surface area contributed by atoms with E-state index in [1.807, 2.05) is 0 Å². The predicted octanol–water partition coefficient (Wildman–Crippen LogP) is -0.343. The molecule has 1 fully saturated rings. The lowest BCUT2D eigenvalue weighted by Crippen LogP contribution is -2.43. The second kappa shape index (κ2) is 3.82. The van der Waals surface area contributed by atoms with Crippen LogP contribution in [0.15, 0.2) is 0 Å². The second-order valence-corrected chi connectivity index (χ2v) is 2.20. The minimum absolute atomic E-state index is 0.668. The molecule has 1 N–H and O–H groups in total. The quantitative estimate of drug-likeness (QED) is 0.552. The molecule has 1 aliphatic heterocycles. The summed E-state index contributed by atoms with van der Waals surface area (Å²) in [5.74, 6) is 0. The third-order valence-corrected chi connectivity index (χ3v) is 1.48. The Balaban J connectivity index is 2.08. The van der Waals surface area contributed by atoms with E-state index >= 15 is 0 Å². The van der Waals surface area contributed by atoms with Gasteiger partial charge in [-0.15, -0.1) is 0 Å². The summed E-state index contributed by atoms with van der Waals surface area (Å²) in [7, 11) is 3.32. The van der Waals surface area contributed by atoms with Crippen molar-refractivity contribution < 1.29 is 4.74 Å². The summed E-state index contributed by atoms with van der Waals surface area (Å²) >= 11 is 0. The van der Waals surface area contributed by atoms with Gasteiger partial charge < -0.3 is 10.1 Å². The highest BCUT2D eigenvalue weighted by Crippen LogP contribution is 1.90. The van der Waals surface area contributed by atoms with E-state index in [4.69, 9.17) is 4.74 Å². The largest absolute Gasteiger partial charge is 0.364 e. The van der Waals surface area contributed by atoms with Gasteiger partial charge in [-0.25, -0.2) is 0 Å². The Labute approximate surface area is 56.0 Å². The van der Waals surface area contributed by atoms with Gasteiger partial charge in [0.05, 0.1) is 13.8 Å². The van der Waals surface area contributed by atoms with Crippen LogP contribution in [-0.2, 0) is 4.74 Å². The van der Waals surface area contributed by atoms with E-state index < -0.39 is 0 Å².